The molecule has 1 aromatic carbocycles. The Morgan fingerprint density at radius 1 is 1.24 bits per heavy atom. The summed E-state index contributed by atoms with van der Waals surface area (Å²) in [5.74, 6) is -3.10. The zero-order valence-electron chi connectivity index (χ0n) is 11.9. The van der Waals surface area contributed by atoms with E-state index in [0.717, 1.165) is 7.14 Å². The van der Waals surface area contributed by atoms with Crippen molar-refractivity contribution in [2.45, 2.75) is 11.8 Å². The van der Waals surface area contributed by atoms with Crippen molar-refractivity contribution in [1.82, 2.24) is 0 Å². The number of halogens is 3. The minimum atomic E-state index is -1.96. The third kappa shape index (κ3) is 2.35. The summed E-state index contributed by atoms with van der Waals surface area (Å²) in [7, 11) is 0. The molecule has 5 rings (SSSR count). The minimum Gasteiger partial charge on any atom is -0.480 e. The molecule has 1 N–H and O–H groups in total. The number of carboxylic acids is 1. The first-order valence-electron chi connectivity index (χ1n) is 6.74. The number of hydrogen-bond donors (Lipinski definition) is 1. The molecule has 1 unspecified atom stereocenters. The Morgan fingerprint density at radius 3 is 2.64 bits per heavy atom. The lowest BCUT2D eigenvalue weighted by Gasteiger charge is -2.28. The van der Waals surface area contributed by atoms with Crippen molar-refractivity contribution in [2.24, 2.45) is 0 Å². The van der Waals surface area contributed by atoms with Crippen molar-refractivity contribution in [3.05, 3.63) is 39.9 Å². The van der Waals surface area contributed by atoms with Gasteiger partial charge in [0, 0.05) is 17.1 Å². The van der Waals surface area contributed by atoms with Crippen LogP contribution in [0.2, 0.25) is 0 Å². The van der Waals surface area contributed by atoms with Crippen molar-refractivity contribution in [2.75, 3.05) is 0 Å². The lowest BCUT2D eigenvalue weighted by Crippen LogP contribution is -2.50. The van der Waals surface area contributed by atoms with Gasteiger partial charge >= 0.3 is 17.9 Å². The summed E-state index contributed by atoms with van der Waals surface area (Å²) in [5.41, 5.74) is -1.62. The topological polar surface area (TPSA) is 103 Å². The maximum Gasteiger partial charge on any atom is 0.344 e. The molecule has 3 aliphatic heterocycles. The van der Waals surface area contributed by atoms with Crippen LogP contribution in [0.5, 0.6) is 11.5 Å². The van der Waals surface area contributed by atoms with Gasteiger partial charge in [0.2, 0.25) is 16.9 Å². The number of aliphatic carboxylic acids is 1. The number of fused-ring (bicyclic) bond motifs is 1. The summed E-state index contributed by atoms with van der Waals surface area (Å²) in [4.78, 5) is 36.2. The number of esters is 2. The van der Waals surface area contributed by atoms with Crippen LogP contribution in [-0.4, -0.2) is 23.0 Å². The molecule has 1 atom stereocenters. The number of rotatable bonds is 3. The average Bonchev–Trinajstić information content (AvgIpc) is 3.05. The first-order chi connectivity index (χ1) is 11.8. The van der Waals surface area contributed by atoms with E-state index < -0.39 is 23.3 Å². The van der Waals surface area contributed by atoms with Crippen LogP contribution < -0.4 is 9.47 Å². The maximum atomic E-state index is 12.6. The lowest BCUT2D eigenvalue weighted by atomic mass is 9.77. The van der Waals surface area contributed by atoms with Crippen molar-refractivity contribution < 1.29 is 33.4 Å². The number of hydrogen-bond acceptors (Lipinski definition) is 6. The highest BCUT2D eigenvalue weighted by Crippen LogP contribution is 2.57. The first kappa shape index (κ1) is 17.5. The molecule has 3 aliphatic rings. The highest BCUT2D eigenvalue weighted by atomic mass is 127. The largest absolute Gasteiger partial charge is 0.480 e. The molecule has 7 nitrogen and oxygen atoms in total. The monoisotopic (exact) mass is 678 g/mol. The summed E-state index contributed by atoms with van der Waals surface area (Å²) in [6.07, 6.45) is -0.119. The molecule has 4 heterocycles. The number of carboxylic acid groups (broad SMARTS) is 1. The molecule has 4 bridgehead atoms. The molecule has 2 aromatic rings. The molecule has 0 amide bonds. The van der Waals surface area contributed by atoms with Crippen LogP contribution in [0.1, 0.15) is 21.9 Å². The fraction of sp³-hybridized carbons (Fsp3) is 0.133. The zero-order valence-corrected chi connectivity index (χ0v) is 18.4. The zero-order chi connectivity index (χ0) is 18.1. The highest BCUT2D eigenvalue weighted by molar-refractivity contribution is 14.1. The molecule has 0 fully saturated rings. The standard InChI is InChI=1S/C15H5I3O7/c16-4-1-5(8(18)6(17)2-4)12(19)24-10-9-7-3-15(13(20)21,11(10)23-7)14(22)25-9/h1-2H,3H2,(H,20,21). The Bertz CT molecular complexity index is 993. The number of furan rings is 1. The third-order valence-corrected chi connectivity index (χ3v) is 7.69. The van der Waals surface area contributed by atoms with Crippen LogP contribution in [-0.2, 0) is 21.4 Å². The van der Waals surface area contributed by atoms with Gasteiger partial charge in [0.25, 0.3) is 0 Å². The quantitative estimate of drug-likeness (QED) is 0.231. The van der Waals surface area contributed by atoms with Gasteiger partial charge in [-0.25, -0.2) is 9.59 Å². The van der Waals surface area contributed by atoms with Crippen molar-refractivity contribution in [3.8, 4) is 11.5 Å². The second-order valence-electron chi connectivity index (χ2n) is 5.43. The van der Waals surface area contributed by atoms with E-state index >= 15 is 0 Å². The summed E-state index contributed by atoms with van der Waals surface area (Å²) in [6.45, 7) is 0. The Kier molecular flexibility index (Phi) is 4.06. The van der Waals surface area contributed by atoms with Gasteiger partial charge in [0.1, 0.15) is 0 Å². The number of ether oxygens (including phenoxy) is 2. The lowest BCUT2D eigenvalue weighted by molar-refractivity contribution is -0.157. The fourth-order valence-corrected chi connectivity index (χ4v) is 5.19. The van der Waals surface area contributed by atoms with E-state index in [0.29, 0.717) is 9.13 Å². The molecular weight excluding hydrogens is 673 g/mol. The fourth-order valence-electron chi connectivity index (χ4n) is 2.82. The molecule has 0 radical (unpaired) electrons. The van der Waals surface area contributed by atoms with Crippen molar-refractivity contribution >= 4 is 85.7 Å². The smallest absolute Gasteiger partial charge is 0.344 e. The Hall–Kier alpha value is -0.900. The average molecular weight is 678 g/mol. The Morgan fingerprint density at radius 2 is 1.96 bits per heavy atom. The van der Waals surface area contributed by atoms with E-state index in [9.17, 15) is 19.5 Å². The highest BCUT2D eigenvalue weighted by Gasteiger charge is 2.65. The van der Waals surface area contributed by atoms with E-state index in [4.69, 9.17) is 13.9 Å². The van der Waals surface area contributed by atoms with Gasteiger partial charge in [0.05, 0.1) is 5.56 Å². The van der Waals surface area contributed by atoms with E-state index in [1.165, 1.54) is 0 Å². The van der Waals surface area contributed by atoms with Crippen LogP contribution >= 0.6 is 67.8 Å². The van der Waals surface area contributed by atoms with Crippen LogP contribution in [0.25, 0.3) is 0 Å². The van der Waals surface area contributed by atoms with Crippen LogP contribution in [0.4, 0.5) is 0 Å². The third-order valence-electron chi connectivity index (χ3n) is 4.02. The molecule has 10 heteroatoms. The number of benzene rings is 1. The van der Waals surface area contributed by atoms with Gasteiger partial charge < -0.3 is 19.0 Å². The van der Waals surface area contributed by atoms with Crippen molar-refractivity contribution in [1.29, 1.82) is 0 Å². The molecule has 0 saturated carbocycles. The molecule has 0 saturated heterocycles. The van der Waals surface area contributed by atoms with Crippen LogP contribution in [0.15, 0.2) is 16.5 Å². The molecule has 0 spiro atoms. The van der Waals surface area contributed by atoms with E-state index in [1.807, 2.05) is 28.7 Å². The van der Waals surface area contributed by atoms with Gasteiger partial charge in [-0.3, -0.25) is 4.79 Å². The number of carbonyl (C=O) groups excluding carboxylic acids is 2. The van der Waals surface area contributed by atoms with E-state index in [-0.39, 0.29) is 29.4 Å². The normalized spacial score (nSPS) is 19.9. The molecular formula is C15H5I3O7. The number of carbonyl (C=O) groups is 3. The van der Waals surface area contributed by atoms with E-state index in [2.05, 4.69) is 45.2 Å². The van der Waals surface area contributed by atoms with E-state index in [1.54, 1.807) is 6.07 Å². The Labute approximate surface area is 180 Å². The molecule has 1 aromatic heterocycles. The van der Waals surface area contributed by atoms with Crippen molar-refractivity contribution in [3.63, 3.8) is 0 Å². The van der Waals surface area contributed by atoms with Gasteiger partial charge in [0.15, 0.2) is 11.5 Å². The minimum absolute atomic E-state index is 0.00759. The second kappa shape index (κ2) is 5.80. The SMILES string of the molecule is O=C(Oc1c2oc3c1OC(=O)C2(C(=O)O)C3)c1cc(I)cc(I)c1I. The Balaban J connectivity index is 1.76. The van der Waals surface area contributed by atoms with Gasteiger partial charge in [-0.15, -0.1) is 0 Å². The summed E-state index contributed by atoms with van der Waals surface area (Å²) in [5, 5.41) is 9.49. The summed E-state index contributed by atoms with van der Waals surface area (Å²) in [6, 6.07) is 3.58. The van der Waals surface area contributed by atoms with Gasteiger partial charge in [-0.1, -0.05) is 0 Å². The van der Waals surface area contributed by atoms with Gasteiger partial charge in [-0.05, 0) is 79.9 Å². The maximum absolute atomic E-state index is 12.6. The summed E-state index contributed by atoms with van der Waals surface area (Å²) >= 11 is 6.23. The van der Waals surface area contributed by atoms with Gasteiger partial charge in [-0.2, -0.15) is 0 Å². The molecule has 0 aliphatic carbocycles. The molecule has 25 heavy (non-hydrogen) atoms. The second-order valence-corrected chi connectivity index (χ2v) is 8.91. The predicted octanol–water partition coefficient (Wildman–Crippen LogP) is 3.11. The molecule has 128 valence electrons. The van der Waals surface area contributed by atoms with Crippen LogP contribution in [0.3, 0.4) is 0 Å². The van der Waals surface area contributed by atoms with Crippen LogP contribution in [0, 0.1) is 10.7 Å². The first-order valence-corrected chi connectivity index (χ1v) is 9.98. The summed E-state index contributed by atoms with van der Waals surface area (Å²) < 4.78 is 18.2. The predicted molar refractivity (Wildman–Crippen MR) is 107 cm³/mol.